The highest BCUT2D eigenvalue weighted by molar-refractivity contribution is 5.74. The molecule has 0 aliphatic carbocycles. The summed E-state index contributed by atoms with van der Waals surface area (Å²) in [6.07, 6.45) is 5.70. The fraction of sp³-hybridized carbons (Fsp3) is 0.938. The second kappa shape index (κ2) is 6.97. The molecule has 2 amide bonds. The van der Waals surface area contributed by atoms with Crippen molar-refractivity contribution in [1.82, 2.24) is 15.5 Å². The zero-order chi connectivity index (χ0) is 15.5. The molecule has 122 valence electrons. The summed E-state index contributed by atoms with van der Waals surface area (Å²) in [5.41, 5.74) is -0.208. The van der Waals surface area contributed by atoms with Crippen molar-refractivity contribution in [2.75, 3.05) is 20.2 Å². The third-order valence-corrected chi connectivity index (χ3v) is 4.90. The van der Waals surface area contributed by atoms with Crippen molar-refractivity contribution in [3.05, 3.63) is 0 Å². The van der Waals surface area contributed by atoms with Crippen LogP contribution in [0.1, 0.15) is 52.9 Å². The van der Waals surface area contributed by atoms with E-state index in [1.807, 2.05) is 20.8 Å². The number of piperidine rings is 1. The molecule has 0 aromatic heterocycles. The van der Waals surface area contributed by atoms with Gasteiger partial charge in [-0.05, 0) is 53.0 Å². The third kappa shape index (κ3) is 4.58. The van der Waals surface area contributed by atoms with E-state index >= 15 is 0 Å². The average Bonchev–Trinajstić information content (AvgIpc) is 2.81. The van der Waals surface area contributed by atoms with Crippen LogP contribution in [0.2, 0.25) is 0 Å². The number of methoxy groups -OCH3 is 1. The number of fused-ring (bicyclic) bond motifs is 1. The van der Waals surface area contributed by atoms with Crippen LogP contribution in [0.4, 0.5) is 4.79 Å². The minimum Gasteiger partial charge on any atom is -0.379 e. The lowest BCUT2D eigenvalue weighted by Crippen LogP contribution is -2.51. The number of amides is 2. The van der Waals surface area contributed by atoms with E-state index in [1.165, 1.54) is 25.8 Å². The Labute approximate surface area is 128 Å². The Morgan fingerprint density at radius 3 is 2.81 bits per heavy atom. The predicted octanol–water partition coefficient (Wildman–Crippen LogP) is 2.12. The van der Waals surface area contributed by atoms with Gasteiger partial charge in [-0.3, -0.25) is 4.90 Å². The summed E-state index contributed by atoms with van der Waals surface area (Å²) in [6, 6.07) is 0.929. The van der Waals surface area contributed by atoms with Crippen LogP contribution >= 0.6 is 0 Å². The van der Waals surface area contributed by atoms with Crippen molar-refractivity contribution in [2.24, 2.45) is 0 Å². The van der Waals surface area contributed by atoms with Crippen LogP contribution < -0.4 is 10.6 Å². The van der Waals surface area contributed by atoms with Crippen LogP contribution in [0.3, 0.4) is 0 Å². The standard InChI is InChI=1S/C16H31N3O2/c1-12(11-16(2,3)21-4)17-15(20)18-13-8-10-19-9-6-5-7-14(13)19/h12-14H,5-11H2,1-4H3,(H2,17,18,20)/t12-,13-,14+/m0/s1. The summed E-state index contributed by atoms with van der Waals surface area (Å²) in [5.74, 6) is 0. The van der Waals surface area contributed by atoms with Crippen LogP contribution in [-0.4, -0.2) is 54.9 Å². The zero-order valence-electron chi connectivity index (χ0n) is 13.9. The normalized spacial score (nSPS) is 28.0. The first kappa shape index (κ1) is 16.6. The summed E-state index contributed by atoms with van der Waals surface area (Å²) in [7, 11) is 1.71. The van der Waals surface area contributed by atoms with Crippen LogP contribution in [0.5, 0.6) is 0 Å². The lowest BCUT2D eigenvalue weighted by molar-refractivity contribution is 0.00947. The number of ether oxygens (including phenoxy) is 1. The first-order valence-electron chi connectivity index (χ1n) is 8.27. The van der Waals surface area contributed by atoms with E-state index in [0.717, 1.165) is 19.4 Å². The van der Waals surface area contributed by atoms with Gasteiger partial charge in [0.1, 0.15) is 0 Å². The van der Waals surface area contributed by atoms with Gasteiger partial charge >= 0.3 is 6.03 Å². The Morgan fingerprint density at radius 1 is 1.33 bits per heavy atom. The van der Waals surface area contributed by atoms with Crippen molar-refractivity contribution in [2.45, 2.75) is 76.6 Å². The fourth-order valence-corrected chi connectivity index (χ4v) is 3.72. The van der Waals surface area contributed by atoms with E-state index in [-0.39, 0.29) is 17.7 Å². The molecule has 0 aromatic carbocycles. The molecule has 0 radical (unpaired) electrons. The maximum Gasteiger partial charge on any atom is 0.315 e. The number of carbonyl (C=O) groups excluding carboxylic acids is 1. The number of nitrogens with one attached hydrogen (secondary N) is 2. The van der Waals surface area contributed by atoms with Gasteiger partial charge in [0.05, 0.1) is 5.60 Å². The Kier molecular flexibility index (Phi) is 5.49. The van der Waals surface area contributed by atoms with Gasteiger partial charge in [0.2, 0.25) is 0 Å². The molecule has 5 nitrogen and oxygen atoms in total. The highest BCUT2D eigenvalue weighted by Crippen LogP contribution is 2.27. The average molecular weight is 297 g/mol. The summed E-state index contributed by atoms with van der Waals surface area (Å²) >= 11 is 0. The van der Waals surface area contributed by atoms with Crippen LogP contribution in [0, 0.1) is 0 Å². The van der Waals surface area contributed by atoms with Gasteiger partial charge in [0, 0.05) is 31.8 Å². The van der Waals surface area contributed by atoms with Crippen LogP contribution in [0.15, 0.2) is 0 Å². The van der Waals surface area contributed by atoms with Crippen molar-refractivity contribution < 1.29 is 9.53 Å². The maximum absolute atomic E-state index is 12.2. The molecule has 0 aromatic rings. The number of hydrogen-bond acceptors (Lipinski definition) is 3. The second-order valence-corrected chi connectivity index (χ2v) is 7.18. The SMILES string of the molecule is COC(C)(C)C[C@H](C)NC(=O)N[C@H]1CCN2CCCC[C@H]12. The van der Waals surface area contributed by atoms with E-state index in [1.54, 1.807) is 7.11 Å². The summed E-state index contributed by atoms with van der Waals surface area (Å²) in [5, 5.41) is 6.22. The molecule has 3 atom stereocenters. The smallest absolute Gasteiger partial charge is 0.315 e. The summed E-state index contributed by atoms with van der Waals surface area (Å²) in [4.78, 5) is 14.7. The van der Waals surface area contributed by atoms with Gasteiger partial charge in [-0.15, -0.1) is 0 Å². The van der Waals surface area contributed by atoms with Crippen molar-refractivity contribution in [1.29, 1.82) is 0 Å². The van der Waals surface area contributed by atoms with E-state index < -0.39 is 0 Å². The molecular formula is C16H31N3O2. The van der Waals surface area contributed by atoms with E-state index in [4.69, 9.17) is 4.74 Å². The van der Waals surface area contributed by atoms with Crippen molar-refractivity contribution >= 4 is 6.03 Å². The molecule has 2 N–H and O–H groups in total. The molecule has 0 spiro atoms. The highest BCUT2D eigenvalue weighted by atomic mass is 16.5. The van der Waals surface area contributed by atoms with Gasteiger partial charge in [0.25, 0.3) is 0 Å². The van der Waals surface area contributed by atoms with E-state index in [0.29, 0.717) is 12.1 Å². The number of hydrogen-bond donors (Lipinski definition) is 2. The molecule has 0 unspecified atom stereocenters. The number of carbonyl (C=O) groups is 1. The van der Waals surface area contributed by atoms with Gasteiger partial charge < -0.3 is 15.4 Å². The molecule has 2 heterocycles. The largest absolute Gasteiger partial charge is 0.379 e. The van der Waals surface area contributed by atoms with Gasteiger partial charge in [0.15, 0.2) is 0 Å². The van der Waals surface area contributed by atoms with Crippen LogP contribution in [0.25, 0.3) is 0 Å². The Hall–Kier alpha value is -0.810. The molecule has 2 rings (SSSR count). The number of urea groups is 1. The fourth-order valence-electron chi connectivity index (χ4n) is 3.72. The lowest BCUT2D eigenvalue weighted by Gasteiger charge is -2.33. The molecule has 0 saturated carbocycles. The van der Waals surface area contributed by atoms with Crippen LogP contribution in [-0.2, 0) is 4.74 Å². The Balaban J connectivity index is 1.77. The minimum absolute atomic E-state index is 0.0353. The molecule has 2 aliphatic rings. The first-order valence-corrected chi connectivity index (χ1v) is 8.27. The van der Waals surface area contributed by atoms with E-state index in [9.17, 15) is 4.79 Å². The van der Waals surface area contributed by atoms with Gasteiger partial charge in [-0.25, -0.2) is 4.79 Å². The molecule has 21 heavy (non-hydrogen) atoms. The molecule has 2 aliphatic heterocycles. The Morgan fingerprint density at radius 2 is 2.10 bits per heavy atom. The summed E-state index contributed by atoms with van der Waals surface area (Å²) < 4.78 is 5.42. The monoisotopic (exact) mass is 297 g/mol. The maximum atomic E-state index is 12.2. The minimum atomic E-state index is -0.208. The quantitative estimate of drug-likeness (QED) is 0.817. The molecule has 2 fully saturated rings. The van der Waals surface area contributed by atoms with Crippen molar-refractivity contribution in [3.63, 3.8) is 0 Å². The topological polar surface area (TPSA) is 53.6 Å². The zero-order valence-corrected chi connectivity index (χ0v) is 13.9. The first-order chi connectivity index (χ1) is 9.91. The summed E-state index contributed by atoms with van der Waals surface area (Å²) in [6.45, 7) is 8.44. The van der Waals surface area contributed by atoms with E-state index in [2.05, 4.69) is 15.5 Å². The number of nitrogens with zero attached hydrogens (tertiary/aromatic N) is 1. The van der Waals surface area contributed by atoms with Crippen molar-refractivity contribution in [3.8, 4) is 0 Å². The third-order valence-electron chi connectivity index (χ3n) is 4.90. The predicted molar refractivity (Wildman–Crippen MR) is 84.5 cm³/mol. The van der Waals surface area contributed by atoms with Gasteiger partial charge in [-0.1, -0.05) is 6.42 Å². The molecule has 2 saturated heterocycles. The second-order valence-electron chi connectivity index (χ2n) is 7.18. The lowest BCUT2D eigenvalue weighted by atomic mass is 9.99. The Bertz CT molecular complexity index is 359. The number of rotatable bonds is 5. The highest BCUT2D eigenvalue weighted by Gasteiger charge is 2.36. The van der Waals surface area contributed by atoms with Gasteiger partial charge in [-0.2, -0.15) is 0 Å². The molecule has 0 bridgehead atoms. The molecule has 5 heteroatoms. The molecular weight excluding hydrogens is 266 g/mol.